The number of amides is 1. The number of nitrogens with zero attached hydrogens (tertiary/aromatic N) is 3. The number of non-ortho nitro benzene ring substituents is 1. The van der Waals surface area contributed by atoms with E-state index in [1.165, 1.54) is 35.6 Å². The lowest BCUT2D eigenvalue weighted by molar-refractivity contribution is -0.384. The van der Waals surface area contributed by atoms with E-state index in [0.29, 0.717) is 18.5 Å². The van der Waals surface area contributed by atoms with Crippen LogP contribution in [-0.2, 0) is 6.42 Å². The maximum Gasteiger partial charge on any atom is 0.269 e. The first-order valence-electron chi connectivity index (χ1n) is 7.51. The van der Waals surface area contributed by atoms with Crippen molar-refractivity contribution in [2.45, 2.75) is 6.42 Å². The molecule has 8 heteroatoms. The van der Waals surface area contributed by atoms with Crippen LogP contribution in [0.15, 0.2) is 54.2 Å². The zero-order valence-electron chi connectivity index (χ0n) is 13.1. The highest BCUT2D eigenvalue weighted by atomic mass is 32.1. The first kappa shape index (κ1) is 16.7. The molecule has 0 spiro atoms. The molecule has 3 aromatic rings. The van der Waals surface area contributed by atoms with E-state index in [0.717, 1.165) is 16.3 Å². The van der Waals surface area contributed by atoms with Crippen LogP contribution in [0.1, 0.15) is 16.1 Å². The molecule has 0 unspecified atom stereocenters. The Balaban J connectivity index is 1.53. The van der Waals surface area contributed by atoms with E-state index >= 15 is 0 Å². The van der Waals surface area contributed by atoms with Crippen molar-refractivity contribution < 1.29 is 9.72 Å². The Bertz CT molecular complexity index is 878. The molecular formula is C17H14N4O3S. The Morgan fingerprint density at radius 2 is 2.04 bits per heavy atom. The van der Waals surface area contributed by atoms with Crippen molar-refractivity contribution >= 4 is 22.9 Å². The summed E-state index contributed by atoms with van der Waals surface area (Å²) in [5.74, 6) is -0.266. The highest BCUT2D eigenvalue weighted by molar-refractivity contribution is 7.13. The summed E-state index contributed by atoms with van der Waals surface area (Å²) in [5.41, 5.74) is 2.21. The summed E-state index contributed by atoms with van der Waals surface area (Å²) in [7, 11) is 0. The fraction of sp³-hybridized carbons (Fsp3) is 0.118. The van der Waals surface area contributed by atoms with Crippen LogP contribution in [0.3, 0.4) is 0 Å². The first-order valence-corrected chi connectivity index (χ1v) is 8.39. The number of nitro groups is 1. The zero-order valence-corrected chi connectivity index (χ0v) is 13.9. The molecule has 3 rings (SSSR count). The quantitative estimate of drug-likeness (QED) is 0.542. The molecule has 1 aromatic carbocycles. The van der Waals surface area contributed by atoms with Crippen molar-refractivity contribution in [1.82, 2.24) is 15.3 Å². The van der Waals surface area contributed by atoms with Gasteiger partial charge in [-0.2, -0.15) is 0 Å². The second-order valence-electron chi connectivity index (χ2n) is 5.20. The van der Waals surface area contributed by atoms with Gasteiger partial charge in [0.05, 0.1) is 10.6 Å². The first-order chi connectivity index (χ1) is 12.1. The van der Waals surface area contributed by atoms with Crippen molar-refractivity contribution in [3.63, 3.8) is 0 Å². The predicted molar refractivity (Wildman–Crippen MR) is 94.5 cm³/mol. The number of carbonyl (C=O) groups is 1. The second kappa shape index (κ2) is 7.63. The molecule has 1 N–H and O–H groups in total. The van der Waals surface area contributed by atoms with Crippen molar-refractivity contribution in [1.29, 1.82) is 0 Å². The van der Waals surface area contributed by atoms with E-state index in [4.69, 9.17) is 0 Å². The van der Waals surface area contributed by atoms with Crippen molar-refractivity contribution in [2.75, 3.05) is 6.54 Å². The molecule has 0 aliphatic heterocycles. The van der Waals surface area contributed by atoms with E-state index in [1.807, 2.05) is 17.5 Å². The summed E-state index contributed by atoms with van der Waals surface area (Å²) in [6, 6.07) is 9.32. The molecule has 1 amide bonds. The van der Waals surface area contributed by atoms with Crippen LogP contribution in [0.25, 0.3) is 10.6 Å². The normalized spacial score (nSPS) is 10.4. The van der Waals surface area contributed by atoms with Crippen LogP contribution in [0.4, 0.5) is 5.69 Å². The van der Waals surface area contributed by atoms with E-state index in [-0.39, 0.29) is 11.6 Å². The average molecular weight is 354 g/mol. The SMILES string of the molecule is O=C(NCCc1csc(-c2cccnc2)n1)c1ccc([N+](=O)[O-])cc1. The lowest BCUT2D eigenvalue weighted by Crippen LogP contribution is -2.25. The van der Waals surface area contributed by atoms with Crippen LogP contribution in [0.2, 0.25) is 0 Å². The molecule has 0 radical (unpaired) electrons. The number of carbonyl (C=O) groups excluding carboxylic acids is 1. The molecule has 0 saturated carbocycles. The molecule has 0 bridgehead atoms. The third-order valence-corrected chi connectivity index (χ3v) is 4.41. The number of benzene rings is 1. The molecular weight excluding hydrogens is 340 g/mol. The van der Waals surface area contributed by atoms with Gasteiger partial charge in [0, 0.05) is 54.0 Å². The number of hydrogen-bond acceptors (Lipinski definition) is 6. The Labute approximate surface area is 147 Å². The molecule has 2 aromatic heterocycles. The lowest BCUT2D eigenvalue weighted by atomic mass is 10.2. The highest BCUT2D eigenvalue weighted by Crippen LogP contribution is 2.22. The molecule has 25 heavy (non-hydrogen) atoms. The van der Waals surface area contributed by atoms with Gasteiger partial charge in [0.1, 0.15) is 5.01 Å². The third-order valence-electron chi connectivity index (χ3n) is 3.47. The molecule has 0 aliphatic carbocycles. The number of pyridine rings is 1. The number of nitro benzene ring substituents is 1. The summed E-state index contributed by atoms with van der Waals surface area (Å²) in [5, 5.41) is 16.3. The van der Waals surface area contributed by atoms with Gasteiger partial charge in [-0.15, -0.1) is 11.3 Å². The topological polar surface area (TPSA) is 98.0 Å². The number of thiazole rings is 1. The molecule has 2 heterocycles. The summed E-state index contributed by atoms with van der Waals surface area (Å²) < 4.78 is 0. The summed E-state index contributed by atoms with van der Waals surface area (Å²) in [6.45, 7) is 0.437. The van der Waals surface area contributed by atoms with E-state index in [1.54, 1.807) is 12.4 Å². The number of rotatable bonds is 6. The molecule has 0 fully saturated rings. The predicted octanol–water partition coefficient (Wildman–Crippen LogP) is 3.09. The monoisotopic (exact) mass is 354 g/mol. The van der Waals surface area contributed by atoms with Gasteiger partial charge in [0.15, 0.2) is 0 Å². The van der Waals surface area contributed by atoms with Gasteiger partial charge in [-0.05, 0) is 24.3 Å². The summed E-state index contributed by atoms with van der Waals surface area (Å²) >= 11 is 1.53. The maximum absolute atomic E-state index is 12.0. The average Bonchev–Trinajstić information content (AvgIpc) is 3.11. The van der Waals surface area contributed by atoms with Crippen LogP contribution in [0.5, 0.6) is 0 Å². The van der Waals surface area contributed by atoms with Crippen molar-refractivity contribution in [3.8, 4) is 10.6 Å². The minimum atomic E-state index is -0.496. The second-order valence-corrected chi connectivity index (χ2v) is 6.05. The van der Waals surface area contributed by atoms with Crippen LogP contribution < -0.4 is 5.32 Å². The van der Waals surface area contributed by atoms with Gasteiger partial charge in [0.25, 0.3) is 11.6 Å². The third kappa shape index (κ3) is 4.24. The number of nitrogens with one attached hydrogen (secondary N) is 1. The standard InChI is InChI=1S/C17H14N4O3S/c22-16(12-3-5-15(6-4-12)21(23)24)19-9-7-14-11-25-17(20-14)13-2-1-8-18-10-13/h1-6,8,10-11H,7,9H2,(H,19,22). The molecule has 0 aliphatic rings. The van der Waals surface area contributed by atoms with Crippen LogP contribution >= 0.6 is 11.3 Å². The lowest BCUT2D eigenvalue weighted by Gasteiger charge is -2.04. The minimum Gasteiger partial charge on any atom is -0.352 e. The van der Waals surface area contributed by atoms with Gasteiger partial charge in [-0.1, -0.05) is 0 Å². The Kier molecular flexibility index (Phi) is 5.10. The van der Waals surface area contributed by atoms with Gasteiger partial charge in [-0.25, -0.2) is 4.98 Å². The van der Waals surface area contributed by atoms with Gasteiger partial charge < -0.3 is 5.32 Å². The van der Waals surface area contributed by atoms with E-state index < -0.39 is 4.92 Å². The fourth-order valence-electron chi connectivity index (χ4n) is 2.18. The molecule has 126 valence electrons. The fourth-order valence-corrected chi connectivity index (χ4v) is 3.03. The van der Waals surface area contributed by atoms with Crippen LogP contribution in [0, 0.1) is 10.1 Å². The van der Waals surface area contributed by atoms with Crippen LogP contribution in [-0.4, -0.2) is 27.3 Å². The van der Waals surface area contributed by atoms with Crippen molar-refractivity contribution in [3.05, 3.63) is 75.5 Å². The Morgan fingerprint density at radius 1 is 1.24 bits per heavy atom. The van der Waals surface area contributed by atoms with Crippen molar-refractivity contribution in [2.24, 2.45) is 0 Å². The summed E-state index contributed by atoms with van der Waals surface area (Å²) in [4.78, 5) is 30.8. The van der Waals surface area contributed by atoms with Gasteiger partial charge in [-0.3, -0.25) is 19.9 Å². The van der Waals surface area contributed by atoms with E-state index in [2.05, 4.69) is 15.3 Å². The Morgan fingerprint density at radius 3 is 2.72 bits per heavy atom. The molecule has 7 nitrogen and oxygen atoms in total. The smallest absolute Gasteiger partial charge is 0.269 e. The maximum atomic E-state index is 12.0. The summed E-state index contributed by atoms with van der Waals surface area (Å²) in [6.07, 6.45) is 4.08. The number of hydrogen-bond donors (Lipinski definition) is 1. The molecule has 0 atom stereocenters. The molecule has 0 saturated heterocycles. The zero-order chi connectivity index (χ0) is 17.6. The minimum absolute atomic E-state index is 0.0399. The largest absolute Gasteiger partial charge is 0.352 e. The van der Waals surface area contributed by atoms with E-state index in [9.17, 15) is 14.9 Å². The number of aromatic nitrogens is 2. The van der Waals surface area contributed by atoms with Gasteiger partial charge in [0.2, 0.25) is 0 Å². The highest BCUT2D eigenvalue weighted by Gasteiger charge is 2.10. The Hall–Kier alpha value is -3.13. The van der Waals surface area contributed by atoms with Gasteiger partial charge >= 0.3 is 0 Å².